The van der Waals surface area contributed by atoms with Gasteiger partial charge in [0.15, 0.2) is 0 Å². The zero-order chi connectivity index (χ0) is 13.9. The molecule has 1 aromatic carbocycles. The topological polar surface area (TPSA) is 35.2 Å². The van der Waals surface area contributed by atoms with Crippen LogP contribution in [0.4, 0.5) is 0 Å². The van der Waals surface area contributed by atoms with E-state index in [9.17, 15) is 0 Å². The Bertz CT molecular complexity index is 403. The van der Waals surface area contributed by atoms with E-state index in [1.54, 1.807) is 0 Å². The Kier molecular flexibility index (Phi) is 4.51. The van der Waals surface area contributed by atoms with Gasteiger partial charge in [-0.05, 0) is 61.6 Å². The maximum Gasteiger partial charge on any atom is 0.119 e. The van der Waals surface area contributed by atoms with Gasteiger partial charge in [-0.1, -0.05) is 26.0 Å². The van der Waals surface area contributed by atoms with Crippen LogP contribution >= 0.6 is 0 Å². The minimum Gasteiger partial charge on any atom is -0.494 e. The van der Waals surface area contributed by atoms with Gasteiger partial charge in [0.25, 0.3) is 0 Å². The third-order valence-electron chi connectivity index (χ3n) is 4.45. The molecule has 2 rings (SSSR count). The molecule has 0 bridgehead atoms. The molecule has 2 heteroatoms. The molecule has 1 aliphatic carbocycles. The molecule has 106 valence electrons. The van der Waals surface area contributed by atoms with Crippen molar-refractivity contribution in [2.24, 2.45) is 17.1 Å². The number of hydrogen-bond donors (Lipinski definition) is 1. The summed E-state index contributed by atoms with van der Waals surface area (Å²) in [5.74, 6) is 1.55. The molecule has 1 aromatic rings. The fraction of sp³-hybridized carbons (Fsp3) is 0.647. The second-order valence-electron chi connectivity index (χ2n) is 6.53. The van der Waals surface area contributed by atoms with E-state index in [-0.39, 0.29) is 6.04 Å². The third-order valence-corrected chi connectivity index (χ3v) is 4.45. The van der Waals surface area contributed by atoms with Gasteiger partial charge in [0.05, 0.1) is 6.61 Å². The van der Waals surface area contributed by atoms with Crippen molar-refractivity contribution >= 4 is 0 Å². The summed E-state index contributed by atoms with van der Waals surface area (Å²) < 4.78 is 5.56. The van der Waals surface area contributed by atoms with Crippen molar-refractivity contribution in [3.05, 3.63) is 29.8 Å². The van der Waals surface area contributed by atoms with Gasteiger partial charge in [0, 0.05) is 6.04 Å². The number of nitrogens with two attached hydrogens (primary N) is 1. The molecule has 1 saturated carbocycles. The van der Waals surface area contributed by atoms with Crippen molar-refractivity contribution in [1.82, 2.24) is 0 Å². The molecule has 2 nitrogen and oxygen atoms in total. The summed E-state index contributed by atoms with van der Waals surface area (Å²) in [5, 5.41) is 0. The summed E-state index contributed by atoms with van der Waals surface area (Å²) in [6.45, 7) is 7.45. The van der Waals surface area contributed by atoms with E-state index in [0.29, 0.717) is 17.9 Å². The van der Waals surface area contributed by atoms with Gasteiger partial charge in [0.2, 0.25) is 0 Å². The molecule has 0 spiro atoms. The van der Waals surface area contributed by atoms with Crippen LogP contribution in [0.15, 0.2) is 24.3 Å². The lowest BCUT2D eigenvalue weighted by Gasteiger charge is -2.37. The second-order valence-corrected chi connectivity index (χ2v) is 6.53. The van der Waals surface area contributed by atoms with E-state index in [2.05, 4.69) is 26.0 Å². The van der Waals surface area contributed by atoms with E-state index < -0.39 is 0 Å². The molecule has 0 heterocycles. The average Bonchev–Trinajstić information content (AvgIpc) is 2.39. The van der Waals surface area contributed by atoms with Crippen molar-refractivity contribution < 1.29 is 4.74 Å². The lowest BCUT2D eigenvalue weighted by atomic mass is 9.70. The molecule has 0 radical (unpaired) electrons. The summed E-state index contributed by atoms with van der Waals surface area (Å²) in [6.07, 6.45) is 5.06. The fourth-order valence-electron chi connectivity index (χ4n) is 3.03. The molecule has 0 amide bonds. The Labute approximate surface area is 117 Å². The van der Waals surface area contributed by atoms with Gasteiger partial charge >= 0.3 is 0 Å². The van der Waals surface area contributed by atoms with Gasteiger partial charge < -0.3 is 10.5 Å². The normalized spacial score (nSPS) is 21.1. The summed E-state index contributed by atoms with van der Waals surface area (Å²) in [5.41, 5.74) is 8.19. The zero-order valence-corrected chi connectivity index (χ0v) is 12.5. The van der Waals surface area contributed by atoms with Gasteiger partial charge in [0.1, 0.15) is 5.75 Å². The van der Waals surface area contributed by atoms with Crippen molar-refractivity contribution in [1.29, 1.82) is 0 Å². The van der Waals surface area contributed by atoms with Crippen LogP contribution in [0.25, 0.3) is 0 Å². The molecule has 19 heavy (non-hydrogen) atoms. The van der Waals surface area contributed by atoms with E-state index in [1.807, 2.05) is 19.1 Å². The Morgan fingerprint density at radius 3 is 2.63 bits per heavy atom. The summed E-state index contributed by atoms with van der Waals surface area (Å²) in [4.78, 5) is 0. The van der Waals surface area contributed by atoms with Crippen LogP contribution < -0.4 is 10.5 Å². The van der Waals surface area contributed by atoms with Gasteiger partial charge in [-0.15, -0.1) is 0 Å². The van der Waals surface area contributed by atoms with E-state index >= 15 is 0 Å². The zero-order valence-electron chi connectivity index (χ0n) is 12.5. The van der Waals surface area contributed by atoms with Crippen LogP contribution in [0.1, 0.15) is 58.1 Å². The predicted octanol–water partition coefficient (Wildman–Crippen LogP) is 4.30. The number of rotatable bonds is 4. The highest BCUT2D eigenvalue weighted by atomic mass is 16.5. The first-order valence-corrected chi connectivity index (χ1v) is 7.50. The minimum absolute atomic E-state index is 0.150. The van der Waals surface area contributed by atoms with Crippen molar-refractivity contribution in [2.45, 2.75) is 52.5 Å². The summed E-state index contributed by atoms with van der Waals surface area (Å²) in [7, 11) is 0. The largest absolute Gasteiger partial charge is 0.494 e. The van der Waals surface area contributed by atoms with E-state index in [0.717, 1.165) is 5.75 Å². The van der Waals surface area contributed by atoms with Gasteiger partial charge in [-0.25, -0.2) is 0 Å². The van der Waals surface area contributed by atoms with Crippen LogP contribution in [-0.2, 0) is 0 Å². The fourth-order valence-corrected chi connectivity index (χ4v) is 3.03. The molecule has 2 N–H and O–H groups in total. The number of hydrogen-bond acceptors (Lipinski definition) is 2. The van der Waals surface area contributed by atoms with Crippen molar-refractivity contribution in [3.8, 4) is 5.75 Å². The predicted molar refractivity (Wildman–Crippen MR) is 80.3 cm³/mol. The standard InChI is InChI=1S/C17H27NO/c1-4-19-15-7-5-6-14(12-15)16(18)13-8-10-17(2,3)11-9-13/h5-7,12-13,16H,4,8-11,18H2,1-3H3. The van der Waals surface area contributed by atoms with Crippen LogP contribution in [0, 0.1) is 11.3 Å². The molecule has 0 aromatic heterocycles. The quantitative estimate of drug-likeness (QED) is 0.877. The van der Waals surface area contributed by atoms with Crippen LogP contribution in [0.5, 0.6) is 5.75 Å². The molecule has 1 aliphatic rings. The van der Waals surface area contributed by atoms with Gasteiger partial charge in [-0.3, -0.25) is 0 Å². The highest BCUT2D eigenvalue weighted by Crippen LogP contribution is 2.42. The Morgan fingerprint density at radius 2 is 2.00 bits per heavy atom. The second kappa shape index (κ2) is 5.96. The monoisotopic (exact) mass is 261 g/mol. The first-order chi connectivity index (χ1) is 9.02. The van der Waals surface area contributed by atoms with Gasteiger partial charge in [-0.2, -0.15) is 0 Å². The summed E-state index contributed by atoms with van der Waals surface area (Å²) in [6, 6.07) is 8.44. The van der Waals surface area contributed by atoms with Crippen LogP contribution in [0.2, 0.25) is 0 Å². The SMILES string of the molecule is CCOc1cccc(C(N)C2CCC(C)(C)CC2)c1. The van der Waals surface area contributed by atoms with Crippen LogP contribution in [0.3, 0.4) is 0 Å². The maximum absolute atomic E-state index is 6.47. The molecule has 0 aliphatic heterocycles. The Balaban J connectivity index is 2.03. The highest BCUT2D eigenvalue weighted by molar-refractivity contribution is 5.30. The Hall–Kier alpha value is -1.02. The van der Waals surface area contributed by atoms with E-state index in [1.165, 1.54) is 31.2 Å². The maximum atomic E-state index is 6.47. The first kappa shape index (κ1) is 14.4. The molecular weight excluding hydrogens is 234 g/mol. The molecule has 0 saturated heterocycles. The molecule has 1 unspecified atom stereocenters. The smallest absolute Gasteiger partial charge is 0.119 e. The molecular formula is C17H27NO. The lowest BCUT2D eigenvalue weighted by molar-refractivity contribution is 0.173. The van der Waals surface area contributed by atoms with Crippen LogP contribution in [-0.4, -0.2) is 6.61 Å². The first-order valence-electron chi connectivity index (χ1n) is 7.50. The van der Waals surface area contributed by atoms with Crippen molar-refractivity contribution in [2.75, 3.05) is 6.61 Å². The number of ether oxygens (including phenoxy) is 1. The minimum atomic E-state index is 0.150. The Morgan fingerprint density at radius 1 is 1.32 bits per heavy atom. The molecule has 1 atom stereocenters. The van der Waals surface area contributed by atoms with E-state index in [4.69, 9.17) is 10.5 Å². The molecule has 1 fully saturated rings. The summed E-state index contributed by atoms with van der Waals surface area (Å²) >= 11 is 0. The van der Waals surface area contributed by atoms with Crippen molar-refractivity contribution in [3.63, 3.8) is 0 Å². The third kappa shape index (κ3) is 3.73. The number of benzene rings is 1. The lowest BCUT2D eigenvalue weighted by Crippen LogP contribution is -2.29. The highest BCUT2D eigenvalue weighted by Gasteiger charge is 2.30. The average molecular weight is 261 g/mol.